The zero-order valence-electron chi connectivity index (χ0n) is 9.94. The minimum atomic E-state index is -0.690. The predicted molar refractivity (Wildman–Crippen MR) is 65.6 cm³/mol. The molecule has 0 amide bonds. The summed E-state index contributed by atoms with van der Waals surface area (Å²) in [5, 5.41) is 6.85. The number of aromatic nitrogens is 3. The summed E-state index contributed by atoms with van der Waals surface area (Å²) in [5.41, 5.74) is 0. The van der Waals surface area contributed by atoms with Crippen molar-refractivity contribution in [3.05, 3.63) is 30.1 Å². The van der Waals surface area contributed by atoms with Gasteiger partial charge in [0.05, 0.1) is 11.1 Å². The van der Waals surface area contributed by atoms with Crippen molar-refractivity contribution in [3.8, 4) is 0 Å². The Kier molecular flexibility index (Phi) is 3.81. The van der Waals surface area contributed by atoms with Crippen LogP contribution >= 0.6 is 11.8 Å². The van der Waals surface area contributed by atoms with Gasteiger partial charge in [-0.15, -0.1) is 0 Å². The molecule has 0 saturated carbocycles. The summed E-state index contributed by atoms with van der Waals surface area (Å²) < 4.78 is 28.6. The molecule has 2 heterocycles. The Balaban J connectivity index is 2.29. The second-order valence-electron chi connectivity index (χ2n) is 3.59. The van der Waals surface area contributed by atoms with Gasteiger partial charge in [0, 0.05) is 25.9 Å². The van der Waals surface area contributed by atoms with Gasteiger partial charge in [-0.05, 0) is 6.92 Å². The number of hydrogen-bond donors (Lipinski definition) is 1. The van der Waals surface area contributed by atoms with Gasteiger partial charge < -0.3 is 5.32 Å². The molecule has 2 aromatic rings. The van der Waals surface area contributed by atoms with Crippen LogP contribution in [0.15, 0.2) is 28.4 Å². The maximum Gasteiger partial charge on any atom is 0.168 e. The minimum Gasteiger partial charge on any atom is -0.368 e. The number of rotatable bonds is 4. The van der Waals surface area contributed by atoms with E-state index in [1.165, 1.54) is 0 Å². The van der Waals surface area contributed by atoms with E-state index in [0.29, 0.717) is 6.54 Å². The molecule has 0 aromatic carbocycles. The van der Waals surface area contributed by atoms with Crippen LogP contribution in [0.1, 0.15) is 6.92 Å². The van der Waals surface area contributed by atoms with Gasteiger partial charge in [-0.25, -0.2) is 13.8 Å². The second kappa shape index (κ2) is 5.34. The van der Waals surface area contributed by atoms with Gasteiger partial charge in [0.1, 0.15) is 5.03 Å². The van der Waals surface area contributed by atoms with E-state index in [9.17, 15) is 8.78 Å². The van der Waals surface area contributed by atoms with Crippen LogP contribution < -0.4 is 5.32 Å². The molecule has 0 atom stereocenters. The molecule has 0 bridgehead atoms. The topological polar surface area (TPSA) is 42.7 Å². The van der Waals surface area contributed by atoms with Crippen molar-refractivity contribution in [2.75, 3.05) is 11.9 Å². The molecular formula is C11H12F2N4S. The molecule has 0 aliphatic heterocycles. The molecule has 0 spiro atoms. The molecule has 0 saturated heterocycles. The number of pyridine rings is 1. The van der Waals surface area contributed by atoms with Crippen LogP contribution in [0.2, 0.25) is 0 Å². The number of nitrogens with zero attached hydrogens (tertiary/aromatic N) is 3. The van der Waals surface area contributed by atoms with E-state index in [2.05, 4.69) is 15.4 Å². The van der Waals surface area contributed by atoms with Crippen molar-refractivity contribution >= 4 is 17.6 Å². The number of aryl methyl sites for hydroxylation is 1. The molecule has 0 aliphatic rings. The molecule has 2 rings (SSSR count). The molecule has 7 heteroatoms. The smallest absolute Gasteiger partial charge is 0.168 e. The van der Waals surface area contributed by atoms with E-state index in [1.54, 1.807) is 24.1 Å². The fourth-order valence-electron chi connectivity index (χ4n) is 1.38. The molecule has 0 fully saturated rings. The van der Waals surface area contributed by atoms with Gasteiger partial charge in [0.2, 0.25) is 0 Å². The van der Waals surface area contributed by atoms with Crippen LogP contribution in [-0.2, 0) is 7.05 Å². The Hall–Kier alpha value is -1.63. The number of nitrogens with one attached hydrogen (secondary N) is 1. The van der Waals surface area contributed by atoms with Crippen LogP contribution in [0, 0.1) is 11.6 Å². The lowest BCUT2D eigenvalue weighted by molar-refractivity contribution is 0.551. The van der Waals surface area contributed by atoms with Crippen molar-refractivity contribution in [3.63, 3.8) is 0 Å². The van der Waals surface area contributed by atoms with Gasteiger partial charge in [-0.3, -0.25) is 4.68 Å². The summed E-state index contributed by atoms with van der Waals surface area (Å²) in [6.07, 6.45) is 3.34. The van der Waals surface area contributed by atoms with E-state index in [1.807, 2.05) is 6.92 Å². The van der Waals surface area contributed by atoms with E-state index in [4.69, 9.17) is 0 Å². The summed E-state index contributed by atoms with van der Waals surface area (Å²) >= 11 is 1.11. The van der Waals surface area contributed by atoms with Crippen molar-refractivity contribution in [2.45, 2.75) is 16.8 Å². The molecule has 2 aromatic heterocycles. The molecule has 0 radical (unpaired) electrons. The maximum absolute atomic E-state index is 13.6. The van der Waals surface area contributed by atoms with Gasteiger partial charge in [-0.1, -0.05) is 11.8 Å². The Bertz CT molecular complexity index is 556. The van der Waals surface area contributed by atoms with Gasteiger partial charge >= 0.3 is 0 Å². The van der Waals surface area contributed by atoms with Crippen molar-refractivity contribution in [1.29, 1.82) is 0 Å². The average molecular weight is 270 g/mol. The number of hydrogen-bond acceptors (Lipinski definition) is 4. The molecular weight excluding hydrogens is 258 g/mol. The molecule has 1 N–H and O–H groups in total. The highest BCUT2D eigenvalue weighted by molar-refractivity contribution is 7.99. The lowest BCUT2D eigenvalue weighted by Crippen LogP contribution is -2.04. The third kappa shape index (κ3) is 2.79. The Labute approximate surface area is 107 Å². The first kappa shape index (κ1) is 12.8. The second-order valence-corrected chi connectivity index (χ2v) is 4.65. The first-order valence-corrected chi connectivity index (χ1v) is 6.18. The van der Waals surface area contributed by atoms with Crippen LogP contribution in [0.4, 0.5) is 14.6 Å². The molecule has 96 valence electrons. The highest BCUT2D eigenvalue weighted by Crippen LogP contribution is 2.29. The predicted octanol–water partition coefficient (Wildman–Crippen LogP) is 2.68. The Morgan fingerprint density at radius 2 is 2.17 bits per heavy atom. The lowest BCUT2D eigenvalue weighted by Gasteiger charge is -2.07. The molecule has 4 nitrogen and oxygen atoms in total. The summed E-state index contributed by atoms with van der Waals surface area (Å²) in [6.45, 7) is 2.34. The lowest BCUT2D eigenvalue weighted by atomic mass is 10.4. The Morgan fingerprint density at radius 1 is 1.39 bits per heavy atom. The third-order valence-corrected chi connectivity index (χ3v) is 3.06. The fraction of sp³-hybridized carbons (Fsp3) is 0.273. The van der Waals surface area contributed by atoms with Crippen molar-refractivity contribution in [1.82, 2.24) is 14.8 Å². The first-order chi connectivity index (χ1) is 8.60. The maximum atomic E-state index is 13.6. The van der Waals surface area contributed by atoms with Crippen LogP contribution in [0.5, 0.6) is 0 Å². The van der Waals surface area contributed by atoms with Gasteiger partial charge in [0.15, 0.2) is 17.5 Å². The van der Waals surface area contributed by atoms with E-state index < -0.39 is 11.6 Å². The largest absolute Gasteiger partial charge is 0.368 e. The standard InChI is InChI=1S/C11H12F2N4S/c1-3-14-10-8(12)4-9(13)11(16-10)18-7-5-15-17(2)6-7/h4-6H,3H2,1-2H3,(H,14,16). The number of halogens is 2. The van der Waals surface area contributed by atoms with E-state index >= 15 is 0 Å². The van der Waals surface area contributed by atoms with Crippen LogP contribution in [-0.4, -0.2) is 21.3 Å². The summed E-state index contributed by atoms with van der Waals surface area (Å²) in [7, 11) is 1.77. The zero-order chi connectivity index (χ0) is 13.1. The highest BCUT2D eigenvalue weighted by Gasteiger charge is 2.13. The normalized spacial score (nSPS) is 10.7. The summed E-state index contributed by atoms with van der Waals surface area (Å²) in [6, 6.07) is 0.837. The minimum absolute atomic E-state index is 0.0605. The van der Waals surface area contributed by atoms with Crippen LogP contribution in [0.25, 0.3) is 0 Å². The van der Waals surface area contributed by atoms with E-state index in [-0.39, 0.29) is 10.8 Å². The van der Waals surface area contributed by atoms with Crippen molar-refractivity contribution < 1.29 is 8.78 Å². The van der Waals surface area contributed by atoms with Gasteiger partial charge in [-0.2, -0.15) is 5.10 Å². The van der Waals surface area contributed by atoms with Gasteiger partial charge in [0.25, 0.3) is 0 Å². The Morgan fingerprint density at radius 3 is 2.78 bits per heavy atom. The summed E-state index contributed by atoms with van der Waals surface area (Å²) in [5.74, 6) is -1.31. The summed E-state index contributed by atoms with van der Waals surface area (Å²) in [4.78, 5) is 4.68. The molecule has 18 heavy (non-hydrogen) atoms. The van der Waals surface area contributed by atoms with Crippen molar-refractivity contribution in [2.24, 2.45) is 7.05 Å². The third-order valence-electron chi connectivity index (χ3n) is 2.14. The fourth-order valence-corrected chi connectivity index (χ4v) is 2.20. The molecule has 0 unspecified atom stereocenters. The monoisotopic (exact) mass is 270 g/mol. The first-order valence-electron chi connectivity index (χ1n) is 5.36. The van der Waals surface area contributed by atoms with E-state index in [0.717, 1.165) is 22.7 Å². The van der Waals surface area contributed by atoms with Crippen LogP contribution in [0.3, 0.4) is 0 Å². The highest BCUT2D eigenvalue weighted by atomic mass is 32.2. The SMILES string of the molecule is CCNc1nc(Sc2cnn(C)c2)c(F)cc1F. The molecule has 0 aliphatic carbocycles. The quantitative estimate of drug-likeness (QED) is 0.927. The zero-order valence-corrected chi connectivity index (χ0v) is 10.8. The number of anilines is 1. The average Bonchev–Trinajstić information content (AvgIpc) is 2.71.